The molecule has 1 rings (SSSR count). The summed E-state index contributed by atoms with van der Waals surface area (Å²) in [6.45, 7) is 5.69. The summed E-state index contributed by atoms with van der Waals surface area (Å²) in [7, 11) is 0. The SMILES string of the molecule is CC/C=C\C/C=C\C/C=C\C/C=C\C/C=C\C/C=C\CCC(=O)OCC(COC1OC(C(=O)O)C(O)C(O)C1OC(=O)CCCCC/C=C\C/C=C\C/C=C\C/C=C\C/C=C\CC)OC(=O)CCCCCCCCC/C=C\CCCCCCCC. The van der Waals surface area contributed by atoms with Gasteiger partial charge in [-0.15, -0.1) is 0 Å². The minimum atomic E-state index is -1.93. The van der Waals surface area contributed by atoms with Crippen LogP contribution < -0.4 is 0 Å². The van der Waals surface area contributed by atoms with Crippen LogP contribution in [0.15, 0.2) is 146 Å². The molecule has 0 spiro atoms. The van der Waals surface area contributed by atoms with Gasteiger partial charge < -0.3 is 39.0 Å². The molecule has 0 aromatic heterocycles. The van der Waals surface area contributed by atoms with Gasteiger partial charge in [0.05, 0.1) is 6.61 Å². The number of unbranched alkanes of at least 4 members (excludes halogenated alkanes) is 16. The van der Waals surface area contributed by atoms with E-state index in [4.69, 9.17) is 23.7 Å². The Balaban J connectivity index is 2.74. The number of carbonyl (C=O) groups excluding carboxylic acids is 3. The highest BCUT2D eigenvalue weighted by molar-refractivity contribution is 5.74. The Morgan fingerprint density at radius 2 is 0.765 bits per heavy atom. The summed E-state index contributed by atoms with van der Waals surface area (Å²) >= 11 is 0. The first kappa shape index (κ1) is 77.6. The minimum absolute atomic E-state index is 0.00577. The molecule has 478 valence electrons. The van der Waals surface area contributed by atoms with Crippen LogP contribution in [0, 0.1) is 0 Å². The van der Waals surface area contributed by atoms with Crippen LogP contribution >= 0.6 is 0 Å². The Kier molecular flexibility index (Phi) is 53.8. The number of ether oxygens (including phenoxy) is 5. The van der Waals surface area contributed by atoms with Crippen LogP contribution in [0.4, 0.5) is 0 Å². The molecule has 1 fully saturated rings. The molecule has 1 aliphatic heterocycles. The summed E-state index contributed by atoms with van der Waals surface area (Å²) in [5, 5.41) is 31.6. The lowest BCUT2D eigenvalue weighted by atomic mass is 9.98. The third kappa shape index (κ3) is 48.4. The highest BCUT2D eigenvalue weighted by Crippen LogP contribution is 2.26. The van der Waals surface area contributed by atoms with Crippen LogP contribution in [0.3, 0.4) is 0 Å². The van der Waals surface area contributed by atoms with Gasteiger partial charge in [0.2, 0.25) is 0 Å². The molecule has 0 radical (unpaired) electrons. The summed E-state index contributed by atoms with van der Waals surface area (Å²) < 4.78 is 28.4. The number of aliphatic carboxylic acids is 1. The lowest BCUT2D eigenvalue weighted by Gasteiger charge is -2.40. The van der Waals surface area contributed by atoms with Gasteiger partial charge in [0.15, 0.2) is 24.6 Å². The van der Waals surface area contributed by atoms with Crippen molar-refractivity contribution in [3.63, 3.8) is 0 Å². The topological polar surface area (TPSA) is 175 Å². The molecule has 1 saturated heterocycles. The first-order valence-corrected chi connectivity index (χ1v) is 32.8. The monoisotopic (exact) mass is 1180 g/mol. The number of carboxylic acids is 1. The molecule has 0 aromatic carbocycles. The largest absolute Gasteiger partial charge is 0.479 e. The molecule has 1 aliphatic rings. The van der Waals surface area contributed by atoms with Crippen LogP contribution in [0.5, 0.6) is 0 Å². The van der Waals surface area contributed by atoms with E-state index >= 15 is 0 Å². The molecule has 0 bridgehead atoms. The Hall–Kier alpha value is -5.40. The van der Waals surface area contributed by atoms with E-state index in [0.717, 1.165) is 122 Å². The average Bonchev–Trinajstić information content (AvgIpc) is 3.51. The highest BCUT2D eigenvalue weighted by Gasteiger charge is 2.50. The lowest BCUT2D eigenvalue weighted by Crippen LogP contribution is -2.61. The number of allylic oxidation sites excluding steroid dienone is 24. The van der Waals surface area contributed by atoms with E-state index in [1.165, 1.54) is 57.8 Å². The Labute approximate surface area is 514 Å². The number of carboxylic acid groups (broad SMARTS) is 1. The van der Waals surface area contributed by atoms with Crippen molar-refractivity contribution in [1.82, 2.24) is 0 Å². The standard InChI is InChI=1S/C73H114O12/c1-4-7-10-13-16-19-22-25-28-31-33-36-38-41-44-47-50-53-56-59-65(74)81-62-64(83-66(75)60-57-54-51-48-45-42-39-35-30-27-24-21-18-15-12-9-6-3)63-82-73-71(69(78)68(77)70(85-73)72(79)80)84-67(76)61-58-55-52-49-46-43-40-37-34-32-29-26-23-20-17-14-11-8-5-2/h7-8,10-11,16-17,19-20,25-30,33-34,36-37,41,43-44,46,50,53,64,68-71,73,77-78H,4-6,9,12-15,18,21-24,31-32,35,38-40,42,45,47-49,51-52,54-63H2,1-3H3,(H,79,80)/b10-7-,11-8-,19-16-,20-17-,28-25-,29-26-,30-27-,36-33-,37-34-,44-41-,46-43-,53-50-. The van der Waals surface area contributed by atoms with Gasteiger partial charge in [-0.05, 0) is 128 Å². The molecule has 6 atom stereocenters. The van der Waals surface area contributed by atoms with E-state index in [1.807, 2.05) is 12.2 Å². The van der Waals surface area contributed by atoms with Gasteiger partial charge in [0.25, 0.3) is 0 Å². The van der Waals surface area contributed by atoms with Crippen molar-refractivity contribution >= 4 is 23.9 Å². The summed E-state index contributed by atoms with van der Waals surface area (Å²) in [5.74, 6) is -3.30. The summed E-state index contributed by atoms with van der Waals surface area (Å²) in [6.07, 6.45) is 72.4. The summed E-state index contributed by atoms with van der Waals surface area (Å²) in [5.41, 5.74) is 0. The molecule has 0 saturated carbocycles. The molecule has 12 nitrogen and oxygen atoms in total. The van der Waals surface area contributed by atoms with E-state index in [9.17, 15) is 34.5 Å². The molecule has 12 heteroatoms. The van der Waals surface area contributed by atoms with E-state index in [2.05, 4.69) is 154 Å². The maximum Gasteiger partial charge on any atom is 0.335 e. The van der Waals surface area contributed by atoms with Crippen molar-refractivity contribution in [2.45, 2.75) is 276 Å². The average molecular weight is 1180 g/mol. The quantitative estimate of drug-likeness (QED) is 0.0228. The van der Waals surface area contributed by atoms with Gasteiger partial charge in [0.1, 0.15) is 18.8 Å². The van der Waals surface area contributed by atoms with Crippen molar-refractivity contribution in [3.8, 4) is 0 Å². The summed E-state index contributed by atoms with van der Waals surface area (Å²) in [4.78, 5) is 51.3. The van der Waals surface area contributed by atoms with E-state index in [-0.39, 0.29) is 25.9 Å². The number of hydrogen-bond donors (Lipinski definition) is 3. The van der Waals surface area contributed by atoms with Gasteiger partial charge in [-0.3, -0.25) is 14.4 Å². The predicted molar refractivity (Wildman–Crippen MR) is 349 cm³/mol. The highest BCUT2D eigenvalue weighted by atomic mass is 16.7. The van der Waals surface area contributed by atoms with Gasteiger partial charge in [0, 0.05) is 19.3 Å². The van der Waals surface area contributed by atoms with Crippen molar-refractivity contribution in [2.24, 2.45) is 0 Å². The van der Waals surface area contributed by atoms with E-state index in [1.54, 1.807) is 0 Å². The smallest absolute Gasteiger partial charge is 0.335 e. The third-order valence-electron chi connectivity index (χ3n) is 13.9. The number of aliphatic hydroxyl groups is 2. The maximum absolute atomic E-state index is 13.2. The third-order valence-corrected chi connectivity index (χ3v) is 13.9. The second kappa shape index (κ2) is 59.0. The van der Waals surface area contributed by atoms with Crippen molar-refractivity contribution in [1.29, 1.82) is 0 Å². The number of aliphatic hydroxyl groups excluding tert-OH is 2. The van der Waals surface area contributed by atoms with Crippen LogP contribution in [0.25, 0.3) is 0 Å². The molecular weight excluding hydrogens is 1070 g/mol. The zero-order chi connectivity index (χ0) is 61.7. The normalized spacial score (nSPS) is 18.4. The van der Waals surface area contributed by atoms with Gasteiger partial charge in [-0.25, -0.2) is 4.79 Å². The molecular formula is C73H114O12. The van der Waals surface area contributed by atoms with Crippen LogP contribution in [-0.4, -0.2) is 89.2 Å². The predicted octanol–water partition coefficient (Wildman–Crippen LogP) is 17.9. The molecule has 0 aromatic rings. The Morgan fingerprint density at radius 3 is 1.20 bits per heavy atom. The fourth-order valence-electron chi connectivity index (χ4n) is 8.94. The van der Waals surface area contributed by atoms with Crippen LogP contribution in [0.2, 0.25) is 0 Å². The van der Waals surface area contributed by atoms with Crippen molar-refractivity contribution in [2.75, 3.05) is 13.2 Å². The van der Waals surface area contributed by atoms with Crippen molar-refractivity contribution in [3.05, 3.63) is 146 Å². The molecule has 3 N–H and O–H groups in total. The first-order valence-electron chi connectivity index (χ1n) is 32.8. The van der Waals surface area contributed by atoms with Crippen LogP contribution in [-0.2, 0) is 42.9 Å². The molecule has 1 heterocycles. The number of esters is 3. The molecule has 0 aliphatic carbocycles. The molecule has 6 unspecified atom stereocenters. The maximum atomic E-state index is 13.2. The second-order valence-corrected chi connectivity index (χ2v) is 21.6. The fourth-order valence-corrected chi connectivity index (χ4v) is 8.94. The zero-order valence-corrected chi connectivity index (χ0v) is 52.8. The number of rotatable bonds is 54. The zero-order valence-electron chi connectivity index (χ0n) is 52.8. The van der Waals surface area contributed by atoms with Gasteiger partial charge in [-0.2, -0.15) is 0 Å². The molecule has 0 amide bonds. The van der Waals surface area contributed by atoms with E-state index < -0.39 is 67.3 Å². The van der Waals surface area contributed by atoms with Crippen LogP contribution in [0.1, 0.15) is 239 Å². The van der Waals surface area contributed by atoms with Gasteiger partial charge in [-0.1, -0.05) is 237 Å². The van der Waals surface area contributed by atoms with Crippen molar-refractivity contribution < 1.29 is 58.2 Å². The first-order chi connectivity index (χ1) is 41.6. The second-order valence-electron chi connectivity index (χ2n) is 21.6. The number of carbonyl (C=O) groups is 4. The van der Waals surface area contributed by atoms with E-state index in [0.29, 0.717) is 19.3 Å². The van der Waals surface area contributed by atoms with Gasteiger partial charge >= 0.3 is 23.9 Å². The minimum Gasteiger partial charge on any atom is -0.479 e. The fraction of sp³-hybridized carbons (Fsp3) is 0.616. The Bertz CT molecular complexity index is 2030. The molecule has 85 heavy (non-hydrogen) atoms. The number of hydrogen-bond acceptors (Lipinski definition) is 11. The summed E-state index contributed by atoms with van der Waals surface area (Å²) in [6, 6.07) is 0. The Morgan fingerprint density at radius 1 is 0.400 bits per heavy atom. The lowest BCUT2D eigenvalue weighted by molar-refractivity contribution is -0.301.